The Morgan fingerprint density at radius 2 is 1.80 bits per heavy atom. The second-order valence-corrected chi connectivity index (χ2v) is 10.0. The van der Waals surface area contributed by atoms with Gasteiger partial charge in [0.1, 0.15) is 0 Å². The molecule has 0 spiro atoms. The van der Waals surface area contributed by atoms with Gasteiger partial charge in [0.25, 0.3) is 0 Å². The van der Waals surface area contributed by atoms with Crippen molar-refractivity contribution in [1.82, 2.24) is 0 Å². The van der Waals surface area contributed by atoms with Crippen molar-refractivity contribution in [1.29, 1.82) is 0 Å². The van der Waals surface area contributed by atoms with Crippen LogP contribution in [0.4, 0.5) is 0 Å². The van der Waals surface area contributed by atoms with Gasteiger partial charge in [-0.15, -0.1) is 0 Å². The van der Waals surface area contributed by atoms with Crippen LogP contribution in [0.2, 0.25) is 25.2 Å². The standard InChI is InChI=1S/C8H19NSi/c1-6-7(5-9)8(6)10(2,3)4/h6-8H,5,9H2,1-4H3. The highest BCUT2D eigenvalue weighted by Crippen LogP contribution is 2.56. The number of hydrogen-bond donors (Lipinski definition) is 1. The van der Waals surface area contributed by atoms with Crippen molar-refractivity contribution in [3.63, 3.8) is 0 Å². The first-order valence-electron chi connectivity index (χ1n) is 4.18. The summed E-state index contributed by atoms with van der Waals surface area (Å²) in [7, 11) is -0.851. The highest BCUT2D eigenvalue weighted by atomic mass is 28.3. The first kappa shape index (κ1) is 8.28. The number of nitrogens with two attached hydrogens (primary N) is 1. The molecule has 3 unspecified atom stereocenters. The molecule has 10 heavy (non-hydrogen) atoms. The van der Waals surface area contributed by atoms with Gasteiger partial charge < -0.3 is 5.73 Å². The average Bonchev–Trinajstić information content (AvgIpc) is 2.39. The SMILES string of the molecule is CC1C(CN)C1[Si](C)(C)C. The van der Waals surface area contributed by atoms with Crippen molar-refractivity contribution < 1.29 is 0 Å². The van der Waals surface area contributed by atoms with E-state index in [2.05, 4.69) is 26.6 Å². The molecule has 1 saturated carbocycles. The molecule has 3 atom stereocenters. The van der Waals surface area contributed by atoms with Crippen LogP contribution < -0.4 is 5.73 Å². The molecule has 0 aromatic carbocycles. The van der Waals surface area contributed by atoms with Crippen molar-refractivity contribution in [3.05, 3.63) is 0 Å². The summed E-state index contributed by atoms with van der Waals surface area (Å²) in [6.07, 6.45) is 0. The average molecular weight is 157 g/mol. The Balaban J connectivity index is 2.48. The van der Waals surface area contributed by atoms with Crippen molar-refractivity contribution >= 4 is 8.07 Å². The topological polar surface area (TPSA) is 26.0 Å². The van der Waals surface area contributed by atoms with Gasteiger partial charge in [-0.3, -0.25) is 0 Å². The lowest BCUT2D eigenvalue weighted by Crippen LogP contribution is -2.22. The van der Waals surface area contributed by atoms with E-state index < -0.39 is 8.07 Å². The maximum absolute atomic E-state index is 5.63. The third-order valence-electron chi connectivity index (χ3n) is 2.83. The first-order valence-corrected chi connectivity index (χ1v) is 7.76. The summed E-state index contributed by atoms with van der Waals surface area (Å²) in [6, 6.07) is 0. The Labute approximate surface area is 65.0 Å². The van der Waals surface area contributed by atoms with Gasteiger partial charge in [0, 0.05) is 8.07 Å². The van der Waals surface area contributed by atoms with Crippen LogP contribution in [0.5, 0.6) is 0 Å². The van der Waals surface area contributed by atoms with Crippen molar-refractivity contribution in [2.45, 2.75) is 32.1 Å². The summed E-state index contributed by atoms with van der Waals surface area (Å²) in [5, 5.41) is 0. The van der Waals surface area contributed by atoms with Crippen LogP contribution in [0.25, 0.3) is 0 Å². The Kier molecular flexibility index (Phi) is 1.94. The molecular formula is C8H19NSi. The molecule has 1 aliphatic carbocycles. The Hall–Kier alpha value is 0.177. The number of rotatable bonds is 2. The molecule has 0 aliphatic heterocycles. The lowest BCUT2D eigenvalue weighted by atomic mass is 10.3. The van der Waals surface area contributed by atoms with E-state index in [9.17, 15) is 0 Å². The largest absolute Gasteiger partial charge is 0.330 e. The minimum atomic E-state index is -0.851. The van der Waals surface area contributed by atoms with E-state index in [0.717, 1.165) is 23.9 Å². The normalized spacial score (nSPS) is 39.9. The van der Waals surface area contributed by atoms with E-state index in [1.54, 1.807) is 0 Å². The summed E-state index contributed by atoms with van der Waals surface area (Å²) in [5.41, 5.74) is 6.65. The minimum Gasteiger partial charge on any atom is -0.330 e. The third-order valence-corrected chi connectivity index (χ3v) is 5.79. The molecule has 0 amide bonds. The molecular weight excluding hydrogens is 138 g/mol. The summed E-state index contributed by atoms with van der Waals surface area (Å²) in [6.45, 7) is 10.6. The lowest BCUT2D eigenvalue weighted by Gasteiger charge is -2.15. The molecule has 2 N–H and O–H groups in total. The molecule has 0 bridgehead atoms. The second-order valence-electron chi connectivity index (χ2n) is 4.65. The van der Waals surface area contributed by atoms with Crippen LogP contribution in [0, 0.1) is 11.8 Å². The highest BCUT2D eigenvalue weighted by molar-refractivity contribution is 6.78. The summed E-state index contributed by atoms with van der Waals surface area (Å²) >= 11 is 0. The predicted molar refractivity (Wildman–Crippen MR) is 48.8 cm³/mol. The van der Waals surface area contributed by atoms with Gasteiger partial charge in [-0.1, -0.05) is 26.6 Å². The van der Waals surface area contributed by atoms with Gasteiger partial charge in [-0.05, 0) is 23.9 Å². The molecule has 0 saturated heterocycles. The van der Waals surface area contributed by atoms with Gasteiger partial charge in [0.2, 0.25) is 0 Å². The summed E-state index contributed by atoms with van der Waals surface area (Å²) in [5.74, 6) is 1.79. The number of hydrogen-bond acceptors (Lipinski definition) is 1. The molecule has 1 nitrogen and oxygen atoms in total. The van der Waals surface area contributed by atoms with Crippen LogP contribution in [0.3, 0.4) is 0 Å². The van der Waals surface area contributed by atoms with Gasteiger partial charge in [-0.2, -0.15) is 0 Å². The van der Waals surface area contributed by atoms with Crippen LogP contribution in [0.15, 0.2) is 0 Å². The molecule has 60 valence electrons. The Morgan fingerprint density at radius 1 is 1.30 bits per heavy atom. The van der Waals surface area contributed by atoms with Gasteiger partial charge in [0.15, 0.2) is 0 Å². The van der Waals surface area contributed by atoms with Gasteiger partial charge in [0.05, 0.1) is 0 Å². The fourth-order valence-corrected chi connectivity index (χ4v) is 5.78. The Morgan fingerprint density at radius 3 is 1.90 bits per heavy atom. The van der Waals surface area contributed by atoms with Gasteiger partial charge in [-0.25, -0.2) is 0 Å². The third kappa shape index (κ3) is 1.27. The fraction of sp³-hybridized carbons (Fsp3) is 1.00. The summed E-state index contributed by atoms with van der Waals surface area (Å²) in [4.78, 5) is 0. The van der Waals surface area contributed by atoms with Crippen LogP contribution in [-0.2, 0) is 0 Å². The van der Waals surface area contributed by atoms with Crippen LogP contribution in [-0.4, -0.2) is 14.6 Å². The quantitative estimate of drug-likeness (QED) is 0.609. The maximum Gasteiger partial charge on any atom is 0.0479 e. The predicted octanol–water partition coefficient (Wildman–Crippen LogP) is 1.92. The molecule has 2 heteroatoms. The molecule has 1 rings (SSSR count). The van der Waals surface area contributed by atoms with Crippen molar-refractivity contribution in [2.24, 2.45) is 17.6 Å². The molecule has 0 radical (unpaired) electrons. The Bertz CT molecular complexity index is 128. The van der Waals surface area contributed by atoms with Gasteiger partial charge >= 0.3 is 0 Å². The van der Waals surface area contributed by atoms with Crippen molar-refractivity contribution in [3.8, 4) is 0 Å². The monoisotopic (exact) mass is 157 g/mol. The van der Waals surface area contributed by atoms with Crippen LogP contribution in [0.1, 0.15) is 6.92 Å². The fourth-order valence-electron chi connectivity index (χ4n) is 2.34. The van der Waals surface area contributed by atoms with E-state index >= 15 is 0 Å². The van der Waals surface area contributed by atoms with E-state index in [1.807, 2.05) is 0 Å². The zero-order chi connectivity index (χ0) is 7.94. The highest BCUT2D eigenvalue weighted by Gasteiger charge is 2.52. The smallest absolute Gasteiger partial charge is 0.0479 e. The summed E-state index contributed by atoms with van der Waals surface area (Å²) < 4.78 is 0. The van der Waals surface area contributed by atoms with E-state index in [-0.39, 0.29) is 0 Å². The molecule has 1 aliphatic rings. The zero-order valence-electron chi connectivity index (χ0n) is 7.52. The lowest BCUT2D eigenvalue weighted by molar-refractivity contribution is 0.760. The molecule has 0 aromatic rings. The van der Waals surface area contributed by atoms with Crippen molar-refractivity contribution in [2.75, 3.05) is 6.54 Å². The molecule has 0 aromatic heterocycles. The molecule has 0 heterocycles. The van der Waals surface area contributed by atoms with Crippen LogP contribution >= 0.6 is 0 Å². The zero-order valence-corrected chi connectivity index (χ0v) is 8.52. The molecule has 1 fully saturated rings. The minimum absolute atomic E-state index is 0.851. The van der Waals surface area contributed by atoms with E-state index in [0.29, 0.717) is 0 Å². The first-order chi connectivity index (χ1) is 4.48. The van der Waals surface area contributed by atoms with E-state index in [1.165, 1.54) is 0 Å². The second kappa shape index (κ2) is 2.34. The van der Waals surface area contributed by atoms with E-state index in [4.69, 9.17) is 5.73 Å². The maximum atomic E-state index is 5.63.